The lowest BCUT2D eigenvalue weighted by molar-refractivity contribution is 0.158. The first kappa shape index (κ1) is 15.1. The van der Waals surface area contributed by atoms with Crippen molar-refractivity contribution in [3.63, 3.8) is 0 Å². The fraction of sp³-hybridized carbons (Fsp3) is 0.571. The first-order valence-corrected chi connectivity index (χ1v) is 6.32. The minimum Gasteiger partial charge on any atom is -0.392 e. The fourth-order valence-electron chi connectivity index (χ4n) is 1.87. The second kappa shape index (κ2) is 6.81. The van der Waals surface area contributed by atoms with Crippen LogP contribution in [-0.4, -0.2) is 17.8 Å². The SMILES string of the molecule is CC[C@@H](O)CNC(c1ccc(F)cc1F)C(C)C. The molecule has 2 atom stereocenters. The summed E-state index contributed by atoms with van der Waals surface area (Å²) in [5.74, 6) is -0.978. The van der Waals surface area contributed by atoms with Crippen molar-refractivity contribution in [2.45, 2.75) is 39.3 Å². The average molecular weight is 257 g/mol. The van der Waals surface area contributed by atoms with Gasteiger partial charge < -0.3 is 10.4 Å². The monoisotopic (exact) mass is 257 g/mol. The second-order valence-corrected chi connectivity index (χ2v) is 4.86. The van der Waals surface area contributed by atoms with Gasteiger partial charge in [-0.1, -0.05) is 26.8 Å². The molecule has 1 unspecified atom stereocenters. The number of hydrogen-bond acceptors (Lipinski definition) is 2. The molecule has 4 heteroatoms. The molecule has 0 aliphatic heterocycles. The van der Waals surface area contributed by atoms with E-state index >= 15 is 0 Å². The quantitative estimate of drug-likeness (QED) is 0.821. The van der Waals surface area contributed by atoms with Crippen molar-refractivity contribution in [2.75, 3.05) is 6.54 Å². The van der Waals surface area contributed by atoms with E-state index in [4.69, 9.17) is 0 Å². The van der Waals surface area contributed by atoms with Crippen molar-refractivity contribution in [2.24, 2.45) is 5.92 Å². The van der Waals surface area contributed by atoms with Gasteiger partial charge in [0, 0.05) is 24.2 Å². The molecule has 0 aliphatic rings. The van der Waals surface area contributed by atoms with E-state index in [1.807, 2.05) is 20.8 Å². The zero-order chi connectivity index (χ0) is 13.7. The standard InChI is InChI=1S/C14H21F2NO/c1-4-11(18)8-17-14(9(2)3)12-6-5-10(15)7-13(12)16/h5-7,9,11,14,17-18H,4,8H2,1-3H3/t11-,14?/m1/s1. The molecule has 1 rings (SSSR count). The van der Waals surface area contributed by atoms with E-state index in [1.165, 1.54) is 12.1 Å². The number of rotatable bonds is 6. The molecular weight excluding hydrogens is 236 g/mol. The van der Waals surface area contributed by atoms with Crippen molar-refractivity contribution in [3.05, 3.63) is 35.4 Å². The summed E-state index contributed by atoms with van der Waals surface area (Å²) in [6.07, 6.45) is 0.193. The lowest BCUT2D eigenvalue weighted by atomic mass is 9.95. The van der Waals surface area contributed by atoms with E-state index in [2.05, 4.69) is 5.32 Å². The minimum atomic E-state index is -0.577. The summed E-state index contributed by atoms with van der Waals surface area (Å²) in [5, 5.41) is 12.7. The van der Waals surface area contributed by atoms with Crippen LogP contribution >= 0.6 is 0 Å². The maximum Gasteiger partial charge on any atom is 0.130 e. The molecule has 0 saturated heterocycles. The van der Waals surface area contributed by atoms with Gasteiger partial charge >= 0.3 is 0 Å². The van der Waals surface area contributed by atoms with Crippen LogP contribution in [0, 0.1) is 17.6 Å². The van der Waals surface area contributed by atoms with Gasteiger partial charge in [-0.05, 0) is 18.4 Å². The highest BCUT2D eigenvalue weighted by Crippen LogP contribution is 2.24. The van der Waals surface area contributed by atoms with Crippen molar-refractivity contribution in [1.82, 2.24) is 5.32 Å². The highest BCUT2D eigenvalue weighted by atomic mass is 19.1. The van der Waals surface area contributed by atoms with Crippen molar-refractivity contribution in [1.29, 1.82) is 0 Å². The normalized spacial score (nSPS) is 14.8. The Morgan fingerprint density at radius 2 is 1.94 bits per heavy atom. The Morgan fingerprint density at radius 1 is 1.28 bits per heavy atom. The van der Waals surface area contributed by atoms with E-state index < -0.39 is 17.7 Å². The zero-order valence-electron chi connectivity index (χ0n) is 11.1. The third kappa shape index (κ3) is 4.03. The van der Waals surface area contributed by atoms with Gasteiger partial charge in [0.15, 0.2) is 0 Å². The van der Waals surface area contributed by atoms with Gasteiger partial charge in [-0.15, -0.1) is 0 Å². The number of nitrogens with one attached hydrogen (secondary N) is 1. The number of benzene rings is 1. The number of halogens is 2. The molecular formula is C14H21F2NO. The second-order valence-electron chi connectivity index (χ2n) is 4.86. The van der Waals surface area contributed by atoms with Gasteiger partial charge in [-0.2, -0.15) is 0 Å². The summed E-state index contributed by atoms with van der Waals surface area (Å²) >= 11 is 0. The van der Waals surface area contributed by atoms with Crippen LogP contribution in [0.1, 0.15) is 38.8 Å². The molecule has 102 valence electrons. The van der Waals surface area contributed by atoms with Crippen LogP contribution < -0.4 is 5.32 Å². The molecule has 0 bridgehead atoms. The molecule has 18 heavy (non-hydrogen) atoms. The minimum absolute atomic E-state index is 0.147. The Morgan fingerprint density at radius 3 is 2.44 bits per heavy atom. The van der Waals surface area contributed by atoms with Crippen LogP contribution in [0.3, 0.4) is 0 Å². The van der Waals surface area contributed by atoms with Gasteiger partial charge in [0.1, 0.15) is 11.6 Å². The third-order valence-electron chi connectivity index (χ3n) is 3.01. The molecule has 2 nitrogen and oxygen atoms in total. The summed E-state index contributed by atoms with van der Waals surface area (Å²) in [6, 6.07) is 3.38. The Labute approximate surface area is 107 Å². The maximum absolute atomic E-state index is 13.7. The summed E-state index contributed by atoms with van der Waals surface area (Å²) in [4.78, 5) is 0. The lowest BCUT2D eigenvalue weighted by Gasteiger charge is -2.24. The van der Waals surface area contributed by atoms with Gasteiger partial charge in [-0.25, -0.2) is 8.78 Å². The van der Waals surface area contributed by atoms with Gasteiger partial charge in [-0.3, -0.25) is 0 Å². The van der Waals surface area contributed by atoms with Crippen LogP contribution in [0.4, 0.5) is 8.78 Å². The van der Waals surface area contributed by atoms with E-state index in [9.17, 15) is 13.9 Å². The fourth-order valence-corrected chi connectivity index (χ4v) is 1.87. The van der Waals surface area contributed by atoms with Crippen molar-refractivity contribution in [3.8, 4) is 0 Å². The van der Waals surface area contributed by atoms with Gasteiger partial charge in [0.25, 0.3) is 0 Å². The van der Waals surface area contributed by atoms with E-state index in [0.29, 0.717) is 18.5 Å². The average Bonchev–Trinajstić information content (AvgIpc) is 2.31. The molecule has 0 fully saturated rings. The highest BCUT2D eigenvalue weighted by Gasteiger charge is 2.20. The summed E-state index contributed by atoms with van der Waals surface area (Å²) in [5.41, 5.74) is 0.440. The molecule has 0 aromatic heterocycles. The molecule has 0 saturated carbocycles. The zero-order valence-corrected chi connectivity index (χ0v) is 11.1. The number of aliphatic hydroxyl groups is 1. The van der Waals surface area contributed by atoms with Gasteiger partial charge in [0.2, 0.25) is 0 Å². The molecule has 0 aliphatic carbocycles. The molecule has 0 radical (unpaired) electrons. The first-order chi connectivity index (χ1) is 8.45. The smallest absolute Gasteiger partial charge is 0.130 e. The van der Waals surface area contributed by atoms with Gasteiger partial charge in [0.05, 0.1) is 6.10 Å². The predicted molar refractivity (Wildman–Crippen MR) is 68.2 cm³/mol. The van der Waals surface area contributed by atoms with E-state index in [1.54, 1.807) is 0 Å². The maximum atomic E-state index is 13.7. The molecule has 0 heterocycles. The van der Waals surface area contributed by atoms with E-state index in [-0.39, 0.29) is 12.0 Å². The van der Waals surface area contributed by atoms with Crippen molar-refractivity contribution < 1.29 is 13.9 Å². The van der Waals surface area contributed by atoms with Crippen LogP contribution in [-0.2, 0) is 0 Å². The first-order valence-electron chi connectivity index (χ1n) is 6.32. The predicted octanol–water partition coefficient (Wildman–Crippen LogP) is 3.02. The molecule has 0 amide bonds. The Kier molecular flexibility index (Phi) is 5.69. The van der Waals surface area contributed by atoms with Crippen LogP contribution in [0.2, 0.25) is 0 Å². The highest BCUT2D eigenvalue weighted by molar-refractivity contribution is 5.22. The van der Waals surface area contributed by atoms with E-state index in [0.717, 1.165) is 6.07 Å². The van der Waals surface area contributed by atoms with Crippen LogP contribution in [0.15, 0.2) is 18.2 Å². The number of hydrogen-bond donors (Lipinski definition) is 2. The summed E-state index contributed by atoms with van der Waals surface area (Å²) in [6.45, 7) is 6.20. The molecule has 1 aromatic rings. The Hall–Kier alpha value is -1.00. The Balaban J connectivity index is 2.84. The largest absolute Gasteiger partial charge is 0.392 e. The topological polar surface area (TPSA) is 32.3 Å². The summed E-state index contributed by atoms with van der Waals surface area (Å²) in [7, 11) is 0. The van der Waals surface area contributed by atoms with Crippen molar-refractivity contribution >= 4 is 0 Å². The third-order valence-corrected chi connectivity index (χ3v) is 3.01. The van der Waals surface area contributed by atoms with Crippen LogP contribution in [0.5, 0.6) is 0 Å². The number of aliphatic hydroxyl groups excluding tert-OH is 1. The van der Waals surface area contributed by atoms with Crippen LogP contribution in [0.25, 0.3) is 0 Å². The summed E-state index contributed by atoms with van der Waals surface area (Å²) < 4.78 is 26.6. The molecule has 2 N–H and O–H groups in total. The Bertz CT molecular complexity index is 382. The molecule has 0 spiro atoms. The lowest BCUT2D eigenvalue weighted by Crippen LogP contribution is -2.33. The molecule has 1 aromatic carbocycles.